The van der Waals surface area contributed by atoms with Gasteiger partial charge in [0.25, 0.3) is 0 Å². The van der Waals surface area contributed by atoms with Crippen LogP contribution in [-0.4, -0.2) is 37.2 Å². The van der Waals surface area contributed by atoms with Gasteiger partial charge in [-0.05, 0) is 96.3 Å². The van der Waals surface area contributed by atoms with Crippen LogP contribution in [0.25, 0.3) is 0 Å². The molecule has 83 heavy (non-hydrogen) atoms. The second-order valence-electron chi connectivity index (χ2n) is 23.0. The first-order chi connectivity index (χ1) is 41.0. The quantitative estimate of drug-likeness (QED) is 0.0261. The molecule has 0 aliphatic rings. The molecule has 0 bridgehead atoms. The zero-order valence-electron chi connectivity index (χ0n) is 54.4. The van der Waals surface area contributed by atoms with Gasteiger partial charge in [0, 0.05) is 19.3 Å². The van der Waals surface area contributed by atoms with Gasteiger partial charge in [0.1, 0.15) is 13.2 Å². The van der Waals surface area contributed by atoms with Crippen molar-refractivity contribution in [2.75, 3.05) is 13.2 Å². The van der Waals surface area contributed by atoms with E-state index >= 15 is 0 Å². The molecule has 0 aromatic heterocycles. The number of ether oxygens (including phenoxy) is 3. The highest BCUT2D eigenvalue weighted by Crippen LogP contribution is 2.17. The molecule has 1 atom stereocenters. The number of hydrogen-bond donors (Lipinski definition) is 0. The summed E-state index contributed by atoms with van der Waals surface area (Å²) >= 11 is 0. The van der Waals surface area contributed by atoms with Gasteiger partial charge in [0.15, 0.2) is 6.10 Å². The molecule has 0 aliphatic heterocycles. The molecule has 0 spiro atoms. The minimum atomic E-state index is -0.820. The fourth-order valence-corrected chi connectivity index (χ4v) is 9.82. The first kappa shape index (κ1) is 78.8. The summed E-state index contributed by atoms with van der Waals surface area (Å²) in [5.41, 5.74) is 0. The highest BCUT2D eigenvalue weighted by molar-refractivity contribution is 5.71. The molecule has 0 aliphatic carbocycles. The topological polar surface area (TPSA) is 78.9 Å². The van der Waals surface area contributed by atoms with Gasteiger partial charge < -0.3 is 14.2 Å². The zero-order valence-corrected chi connectivity index (χ0v) is 54.4. The lowest BCUT2D eigenvalue weighted by Gasteiger charge is -2.18. The van der Waals surface area contributed by atoms with Crippen molar-refractivity contribution in [3.63, 3.8) is 0 Å². The van der Waals surface area contributed by atoms with Crippen LogP contribution in [0, 0.1) is 0 Å². The molecular formula is C77H130O6. The first-order valence-corrected chi connectivity index (χ1v) is 35.0. The lowest BCUT2D eigenvalue weighted by atomic mass is 10.0. The Hall–Kier alpha value is -4.19. The normalized spacial score (nSPS) is 12.9. The van der Waals surface area contributed by atoms with Crippen LogP contribution in [0.2, 0.25) is 0 Å². The molecule has 0 fully saturated rings. The second-order valence-corrected chi connectivity index (χ2v) is 23.0. The number of allylic oxidation sites excluding steroid dienone is 20. The van der Waals surface area contributed by atoms with Crippen molar-refractivity contribution in [3.8, 4) is 0 Å². The third-order valence-corrected chi connectivity index (χ3v) is 15.0. The van der Waals surface area contributed by atoms with Crippen molar-refractivity contribution in [1.29, 1.82) is 0 Å². The molecule has 0 amide bonds. The van der Waals surface area contributed by atoms with E-state index in [1.807, 2.05) is 6.08 Å². The number of carbonyl (C=O) groups excluding carboxylic acids is 3. The van der Waals surface area contributed by atoms with Crippen LogP contribution >= 0.6 is 0 Å². The highest BCUT2D eigenvalue weighted by atomic mass is 16.6. The maximum Gasteiger partial charge on any atom is 0.306 e. The average Bonchev–Trinajstić information content (AvgIpc) is 3.49. The van der Waals surface area contributed by atoms with E-state index in [4.69, 9.17) is 14.2 Å². The van der Waals surface area contributed by atoms with Crippen molar-refractivity contribution in [1.82, 2.24) is 0 Å². The van der Waals surface area contributed by atoms with E-state index in [9.17, 15) is 14.4 Å². The van der Waals surface area contributed by atoms with Crippen molar-refractivity contribution in [2.24, 2.45) is 0 Å². The van der Waals surface area contributed by atoms with E-state index in [0.717, 1.165) is 103 Å². The van der Waals surface area contributed by atoms with E-state index in [-0.39, 0.29) is 37.5 Å². The van der Waals surface area contributed by atoms with Gasteiger partial charge in [-0.25, -0.2) is 0 Å². The first-order valence-electron chi connectivity index (χ1n) is 35.0. The Morgan fingerprint density at radius 2 is 0.494 bits per heavy atom. The molecule has 0 radical (unpaired) electrons. The summed E-state index contributed by atoms with van der Waals surface area (Å²) in [7, 11) is 0. The number of carbonyl (C=O) groups is 3. The third-order valence-electron chi connectivity index (χ3n) is 15.0. The molecule has 474 valence electrons. The molecule has 0 saturated heterocycles. The van der Waals surface area contributed by atoms with E-state index in [1.165, 1.54) is 180 Å². The summed E-state index contributed by atoms with van der Waals surface area (Å²) in [5.74, 6) is -0.977. The standard InChI is InChI=1S/C77H130O6/c1-4-7-10-13-16-19-22-25-28-31-33-34-35-36-37-38-39-40-41-42-44-46-49-52-55-58-61-64-67-70-76(79)82-73-74(72-81-75(78)69-66-63-60-57-54-51-48-45-30-27-24-21-18-15-12-9-6-3)83-77(80)71-68-65-62-59-56-53-50-47-43-32-29-26-23-20-17-14-11-8-5-2/h7-8,10-11,16-17,19-20,25-26,28-29,33-34,43,47,53,56,62,65,74H,4-6,9,12-15,18,21-24,27,30-32,35-42,44-46,48-52,54-55,57-61,63-64,66-73H2,1-3H3/b10-7-,11-8-,19-16-,20-17-,28-25-,29-26-,34-33-,47-43-,56-53-,65-62-. The number of hydrogen-bond acceptors (Lipinski definition) is 6. The van der Waals surface area contributed by atoms with Gasteiger partial charge in [0.05, 0.1) is 0 Å². The Morgan fingerprint density at radius 3 is 0.783 bits per heavy atom. The molecule has 6 nitrogen and oxygen atoms in total. The molecule has 6 heteroatoms. The molecule has 0 aromatic rings. The van der Waals surface area contributed by atoms with E-state index < -0.39 is 6.10 Å². The molecule has 0 aromatic carbocycles. The van der Waals surface area contributed by atoms with Crippen molar-refractivity contribution >= 4 is 17.9 Å². The van der Waals surface area contributed by atoms with E-state index in [2.05, 4.69) is 136 Å². The molecule has 0 saturated carbocycles. The van der Waals surface area contributed by atoms with E-state index in [0.29, 0.717) is 19.3 Å². The maximum atomic E-state index is 12.9. The fraction of sp³-hybridized carbons (Fsp3) is 0.701. The van der Waals surface area contributed by atoms with Gasteiger partial charge in [0.2, 0.25) is 0 Å². The monoisotopic (exact) mass is 1150 g/mol. The van der Waals surface area contributed by atoms with Crippen LogP contribution in [0.4, 0.5) is 0 Å². The lowest BCUT2D eigenvalue weighted by molar-refractivity contribution is -0.166. The SMILES string of the molecule is CC/C=C\C/C=C\C/C=C\C/C=C\C/C=C\C/C=C\CCC(=O)OC(COC(=O)CCCCCCCCCCCCCCCCCCC)COC(=O)CCCCCCCCCCCCCCCCCC/C=C\C/C=C\C/C=C\C/C=C\CC. The van der Waals surface area contributed by atoms with Gasteiger partial charge in [-0.15, -0.1) is 0 Å². The summed E-state index contributed by atoms with van der Waals surface area (Å²) < 4.78 is 16.9. The van der Waals surface area contributed by atoms with Crippen molar-refractivity contribution in [3.05, 3.63) is 122 Å². The molecule has 0 N–H and O–H groups in total. The number of rotatable bonds is 63. The second kappa shape index (κ2) is 70.3. The molecular weight excluding hydrogens is 1020 g/mol. The van der Waals surface area contributed by atoms with Gasteiger partial charge >= 0.3 is 17.9 Å². The average molecular weight is 1150 g/mol. The molecule has 0 rings (SSSR count). The van der Waals surface area contributed by atoms with Crippen LogP contribution in [0.1, 0.15) is 329 Å². The summed E-state index contributed by atoms with van der Waals surface area (Å²) in [4.78, 5) is 38.4. The zero-order chi connectivity index (χ0) is 59.9. The predicted molar refractivity (Wildman–Crippen MR) is 362 cm³/mol. The predicted octanol–water partition coefficient (Wildman–Crippen LogP) is 24.3. The van der Waals surface area contributed by atoms with Crippen LogP contribution in [0.5, 0.6) is 0 Å². The molecule has 0 heterocycles. The third kappa shape index (κ3) is 68.5. The van der Waals surface area contributed by atoms with Crippen LogP contribution in [0.3, 0.4) is 0 Å². The van der Waals surface area contributed by atoms with Gasteiger partial charge in [-0.3, -0.25) is 14.4 Å². The van der Waals surface area contributed by atoms with Crippen LogP contribution < -0.4 is 0 Å². The fourth-order valence-electron chi connectivity index (χ4n) is 9.82. The smallest absolute Gasteiger partial charge is 0.306 e. The van der Waals surface area contributed by atoms with Crippen molar-refractivity contribution < 1.29 is 28.6 Å². The largest absolute Gasteiger partial charge is 0.462 e. The summed E-state index contributed by atoms with van der Waals surface area (Å²) in [5, 5.41) is 0. The highest BCUT2D eigenvalue weighted by Gasteiger charge is 2.19. The Kier molecular flexibility index (Phi) is 66.7. The van der Waals surface area contributed by atoms with Gasteiger partial charge in [-0.2, -0.15) is 0 Å². The Bertz CT molecular complexity index is 1700. The summed E-state index contributed by atoms with van der Waals surface area (Å²) in [6, 6.07) is 0. The Morgan fingerprint density at radius 1 is 0.253 bits per heavy atom. The minimum Gasteiger partial charge on any atom is -0.462 e. The Labute approximate surface area is 513 Å². The van der Waals surface area contributed by atoms with E-state index in [1.54, 1.807) is 0 Å². The minimum absolute atomic E-state index is 0.106. The van der Waals surface area contributed by atoms with Crippen molar-refractivity contribution in [2.45, 2.75) is 335 Å². The summed E-state index contributed by atoms with van der Waals surface area (Å²) in [6.07, 6.45) is 98.1. The molecule has 1 unspecified atom stereocenters. The van der Waals surface area contributed by atoms with Crippen LogP contribution in [0.15, 0.2) is 122 Å². The summed E-state index contributed by atoms with van der Waals surface area (Å²) in [6.45, 7) is 6.39. The van der Waals surface area contributed by atoms with Gasteiger partial charge in [-0.1, -0.05) is 335 Å². The van der Waals surface area contributed by atoms with Crippen LogP contribution in [-0.2, 0) is 28.6 Å². The lowest BCUT2D eigenvalue weighted by Crippen LogP contribution is -2.30. The number of unbranched alkanes of at least 4 members (excludes halogenated alkanes) is 32. The maximum absolute atomic E-state index is 12.9. The Balaban J connectivity index is 4.36. The number of esters is 3.